The summed E-state index contributed by atoms with van der Waals surface area (Å²) in [5.74, 6) is 0.225. The molecule has 0 bridgehead atoms. The molecule has 190 valence electrons. The van der Waals surface area contributed by atoms with Gasteiger partial charge in [0.15, 0.2) is 0 Å². The molecule has 1 aromatic carbocycles. The van der Waals surface area contributed by atoms with Crippen LogP contribution in [0, 0.1) is 11.3 Å². The van der Waals surface area contributed by atoms with Gasteiger partial charge in [-0.1, -0.05) is 36.8 Å². The Kier molecular flexibility index (Phi) is 5.56. The smallest absolute Gasteiger partial charge is 0.105 e. The Hall–Kier alpha value is -2.35. The van der Waals surface area contributed by atoms with Crippen molar-refractivity contribution in [2.24, 2.45) is 11.3 Å². The summed E-state index contributed by atoms with van der Waals surface area (Å²) < 4.78 is 0. The van der Waals surface area contributed by atoms with Crippen LogP contribution in [-0.4, -0.2) is 74.4 Å². The minimum atomic E-state index is -1.21. The van der Waals surface area contributed by atoms with Crippen LogP contribution in [-0.2, 0) is 0 Å². The Morgan fingerprint density at radius 3 is 2.67 bits per heavy atom. The van der Waals surface area contributed by atoms with Gasteiger partial charge in [-0.15, -0.1) is 0 Å². The lowest BCUT2D eigenvalue weighted by Gasteiger charge is -2.46. The lowest BCUT2D eigenvalue weighted by Crippen LogP contribution is -2.58. The molecule has 2 aromatic rings. The van der Waals surface area contributed by atoms with Gasteiger partial charge in [0.25, 0.3) is 0 Å². The fourth-order valence-electron chi connectivity index (χ4n) is 7.54. The minimum Gasteiger partial charge on any atom is -0.388 e. The highest BCUT2D eigenvalue weighted by molar-refractivity contribution is 5.85. The largest absolute Gasteiger partial charge is 0.388 e. The van der Waals surface area contributed by atoms with Crippen molar-refractivity contribution in [2.45, 2.75) is 69.0 Å². The Morgan fingerprint density at radius 1 is 1.08 bits per heavy atom. The minimum absolute atomic E-state index is 0.225. The van der Waals surface area contributed by atoms with Crippen molar-refractivity contribution < 1.29 is 20.4 Å². The second-order valence-corrected chi connectivity index (χ2v) is 11.7. The van der Waals surface area contributed by atoms with Gasteiger partial charge in [0.05, 0.1) is 23.3 Å². The number of hydrogen-bond donors (Lipinski definition) is 4. The van der Waals surface area contributed by atoms with E-state index in [4.69, 9.17) is 0 Å². The predicted molar refractivity (Wildman–Crippen MR) is 140 cm³/mol. The quantitative estimate of drug-likeness (QED) is 0.518. The number of aromatic nitrogens is 1. The number of aliphatic hydroxyl groups excluding tert-OH is 3. The van der Waals surface area contributed by atoms with Crippen LogP contribution in [0.5, 0.6) is 0 Å². The first-order chi connectivity index (χ1) is 17.1. The van der Waals surface area contributed by atoms with Crippen molar-refractivity contribution >= 4 is 16.5 Å². The van der Waals surface area contributed by atoms with E-state index in [2.05, 4.69) is 42.2 Å². The SMILES string of the molecule is CN(C)C1CC2(O)CCC3=C(C=C2C(O)C1O)C(O)CC1(C)C(c2ccc4ncccc4c2)=CCC31. The van der Waals surface area contributed by atoms with Crippen LogP contribution in [0.1, 0.15) is 44.6 Å². The van der Waals surface area contributed by atoms with Gasteiger partial charge in [0, 0.05) is 23.0 Å². The number of likely N-dealkylation sites (N-methyl/N-ethyl adjacent to an activating group) is 1. The van der Waals surface area contributed by atoms with Crippen molar-refractivity contribution in [1.82, 2.24) is 9.88 Å². The van der Waals surface area contributed by atoms with Gasteiger partial charge in [-0.2, -0.15) is 0 Å². The molecule has 0 radical (unpaired) electrons. The molecule has 6 heteroatoms. The number of hydrogen-bond acceptors (Lipinski definition) is 6. The highest BCUT2D eigenvalue weighted by Crippen LogP contribution is 2.60. The molecule has 7 atom stereocenters. The summed E-state index contributed by atoms with van der Waals surface area (Å²) in [6, 6.07) is 10.1. The second kappa shape index (κ2) is 8.33. The van der Waals surface area contributed by atoms with E-state index in [0.717, 1.165) is 22.9 Å². The lowest BCUT2D eigenvalue weighted by atomic mass is 9.61. The normalized spacial score (nSPS) is 38.3. The van der Waals surface area contributed by atoms with E-state index in [1.807, 2.05) is 37.3 Å². The molecule has 1 saturated carbocycles. The van der Waals surface area contributed by atoms with E-state index in [9.17, 15) is 20.4 Å². The highest BCUT2D eigenvalue weighted by atomic mass is 16.3. The molecule has 7 unspecified atom stereocenters. The molecule has 4 N–H and O–H groups in total. The zero-order valence-electron chi connectivity index (χ0n) is 21.2. The first kappa shape index (κ1) is 24.0. The Bertz CT molecular complexity index is 1310. The van der Waals surface area contributed by atoms with Gasteiger partial charge in [0.2, 0.25) is 0 Å². The second-order valence-electron chi connectivity index (χ2n) is 11.7. The van der Waals surface area contributed by atoms with Gasteiger partial charge in [-0.05, 0) is 92.6 Å². The van der Waals surface area contributed by atoms with E-state index in [1.165, 1.54) is 16.7 Å². The molecule has 0 saturated heterocycles. The molecule has 4 aliphatic rings. The summed E-state index contributed by atoms with van der Waals surface area (Å²) in [6.45, 7) is 2.26. The number of fused-ring (bicyclic) bond motifs is 4. The maximum absolute atomic E-state index is 11.8. The number of nitrogens with zero attached hydrogens (tertiary/aromatic N) is 2. The summed E-state index contributed by atoms with van der Waals surface area (Å²) in [5, 5.41) is 46.2. The van der Waals surface area contributed by atoms with Crippen molar-refractivity contribution in [3.63, 3.8) is 0 Å². The third-order valence-electron chi connectivity index (χ3n) is 9.53. The first-order valence-corrected chi connectivity index (χ1v) is 13.1. The molecular formula is C30H36N2O4. The first-order valence-electron chi connectivity index (χ1n) is 13.1. The van der Waals surface area contributed by atoms with Crippen LogP contribution in [0.3, 0.4) is 0 Å². The summed E-state index contributed by atoms with van der Waals surface area (Å²) in [6.07, 6.45) is 6.07. The van der Waals surface area contributed by atoms with Crippen LogP contribution in [0.4, 0.5) is 0 Å². The maximum atomic E-state index is 11.8. The van der Waals surface area contributed by atoms with E-state index in [-0.39, 0.29) is 17.4 Å². The van der Waals surface area contributed by atoms with E-state index in [1.54, 1.807) is 0 Å². The van der Waals surface area contributed by atoms with Crippen LogP contribution in [0.25, 0.3) is 16.5 Å². The number of pyridine rings is 1. The van der Waals surface area contributed by atoms with E-state index < -0.39 is 23.9 Å². The molecule has 6 nitrogen and oxygen atoms in total. The van der Waals surface area contributed by atoms with Crippen molar-refractivity contribution in [1.29, 1.82) is 0 Å². The van der Waals surface area contributed by atoms with Crippen LogP contribution in [0.2, 0.25) is 0 Å². The van der Waals surface area contributed by atoms with Crippen LogP contribution >= 0.6 is 0 Å². The van der Waals surface area contributed by atoms with Crippen molar-refractivity contribution in [3.8, 4) is 0 Å². The average Bonchev–Trinajstić information content (AvgIpc) is 3.10. The third kappa shape index (κ3) is 3.46. The molecule has 6 rings (SSSR count). The molecule has 1 fully saturated rings. The molecule has 0 amide bonds. The number of benzene rings is 1. The van der Waals surface area contributed by atoms with Crippen molar-refractivity contribution in [3.05, 3.63) is 71.0 Å². The third-order valence-corrected chi connectivity index (χ3v) is 9.53. The topological polar surface area (TPSA) is 97.1 Å². The monoisotopic (exact) mass is 488 g/mol. The zero-order valence-corrected chi connectivity index (χ0v) is 21.2. The van der Waals surface area contributed by atoms with Crippen LogP contribution < -0.4 is 0 Å². The Labute approximate surface area is 212 Å². The highest BCUT2D eigenvalue weighted by Gasteiger charge is 2.53. The van der Waals surface area contributed by atoms with E-state index in [0.29, 0.717) is 31.3 Å². The molecule has 0 spiro atoms. The Balaban J connectivity index is 1.38. The summed E-state index contributed by atoms with van der Waals surface area (Å²) in [5.41, 5.74) is 4.44. The number of rotatable bonds is 2. The molecule has 0 aliphatic heterocycles. The van der Waals surface area contributed by atoms with Gasteiger partial charge in [0.1, 0.15) is 6.10 Å². The summed E-state index contributed by atoms with van der Waals surface area (Å²) in [7, 11) is 3.73. The van der Waals surface area contributed by atoms with E-state index >= 15 is 0 Å². The van der Waals surface area contributed by atoms with Gasteiger partial charge < -0.3 is 25.3 Å². The molecular weight excluding hydrogens is 452 g/mol. The number of allylic oxidation sites excluding steroid dienone is 3. The average molecular weight is 489 g/mol. The molecule has 4 aliphatic carbocycles. The van der Waals surface area contributed by atoms with Gasteiger partial charge in [-0.25, -0.2) is 0 Å². The van der Waals surface area contributed by atoms with Crippen LogP contribution in [0.15, 0.2) is 65.4 Å². The fraction of sp³-hybridized carbons (Fsp3) is 0.500. The predicted octanol–water partition coefficient (Wildman–Crippen LogP) is 3.21. The summed E-state index contributed by atoms with van der Waals surface area (Å²) in [4.78, 5) is 6.33. The maximum Gasteiger partial charge on any atom is 0.105 e. The molecule has 1 aromatic heterocycles. The standard InChI is InChI=1S/C30H36N2O4/c1-29-16-26(33)20-14-23-27(34)28(35)25(32(2)3)15-30(23,36)11-10-19(20)22(29)8-7-21(29)17-6-9-24-18(13-17)5-4-12-31-24/h4-7,9,12-14,22,25-28,33-36H,8,10-11,15-16H2,1-3H3. The summed E-state index contributed by atoms with van der Waals surface area (Å²) >= 11 is 0. The van der Waals surface area contributed by atoms with Gasteiger partial charge in [-0.3, -0.25) is 4.98 Å². The zero-order chi connectivity index (χ0) is 25.4. The molecule has 1 heterocycles. The van der Waals surface area contributed by atoms with Crippen molar-refractivity contribution in [2.75, 3.05) is 14.1 Å². The fourth-order valence-corrected chi connectivity index (χ4v) is 7.54. The number of aliphatic hydroxyl groups is 4. The Morgan fingerprint density at radius 2 is 1.89 bits per heavy atom. The molecule has 36 heavy (non-hydrogen) atoms. The van der Waals surface area contributed by atoms with Gasteiger partial charge >= 0.3 is 0 Å². The lowest BCUT2D eigenvalue weighted by molar-refractivity contribution is -0.0922.